The first-order valence-electron chi connectivity index (χ1n) is 9.35. The summed E-state index contributed by atoms with van der Waals surface area (Å²) in [5.41, 5.74) is 6.64. The fourth-order valence-electron chi connectivity index (χ4n) is 2.93. The Morgan fingerprint density at radius 2 is 1.90 bits per heavy atom. The van der Waals surface area contributed by atoms with Gasteiger partial charge in [-0.3, -0.25) is 9.36 Å². The molecule has 0 spiro atoms. The van der Waals surface area contributed by atoms with Gasteiger partial charge in [-0.25, -0.2) is 4.98 Å². The molecule has 9 heteroatoms. The number of anilines is 1. The highest BCUT2D eigenvalue weighted by Crippen LogP contribution is 2.33. The fourth-order valence-corrected chi connectivity index (χ4v) is 3.53. The van der Waals surface area contributed by atoms with Crippen LogP contribution in [0.5, 0.6) is 0 Å². The normalized spacial score (nSPS) is 10.8. The van der Waals surface area contributed by atoms with Gasteiger partial charge in [-0.1, -0.05) is 36.7 Å². The molecule has 2 aromatic heterocycles. The average molecular weight is 452 g/mol. The molecule has 0 atom stereocenters. The molecule has 0 saturated heterocycles. The van der Waals surface area contributed by atoms with Crippen molar-refractivity contribution < 1.29 is 4.74 Å². The average Bonchev–Trinajstić information content (AvgIpc) is 2.71. The molecule has 1 aromatic carbocycles. The number of ether oxygens (including phenoxy) is 1. The van der Waals surface area contributed by atoms with Crippen LogP contribution in [0, 0.1) is 0 Å². The first-order chi connectivity index (χ1) is 14.0. The molecule has 0 bridgehead atoms. The second-order valence-electron chi connectivity index (χ2n) is 6.53. The Morgan fingerprint density at radius 3 is 2.60 bits per heavy atom. The van der Waals surface area contributed by atoms with Gasteiger partial charge in [-0.15, -0.1) is 0 Å². The number of hydrogen-bond donors (Lipinski definition) is 2. The van der Waals surface area contributed by atoms with Gasteiger partial charge in [0.1, 0.15) is 5.65 Å². The Morgan fingerprint density at radius 1 is 1.20 bits per heavy atom. The third kappa shape index (κ3) is 5.49. The lowest BCUT2D eigenvalue weighted by Crippen LogP contribution is -2.20. The molecule has 3 aromatic rings. The molecule has 0 unspecified atom stereocenters. The van der Waals surface area contributed by atoms with Crippen LogP contribution in [0.2, 0.25) is 10.0 Å². The second-order valence-corrected chi connectivity index (χ2v) is 7.34. The van der Waals surface area contributed by atoms with Crippen molar-refractivity contribution in [2.24, 2.45) is 12.8 Å². The minimum absolute atomic E-state index is 0. The van der Waals surface area contributed by atoms with Crippen LogP contribution in [-0.2, 0) is 11.8 Å². The van der Waals surface area contributed by atoms with Crippen LogP contribution < -0.4 is 16.6 Å². The lowest BCUT2D eigenvalue weighted by molar-refractivity contribution is 0.133. The smallest absolute Gasteiger partial charge is 0.259 e. The maximum Gasteiger partial charge on any atom is 0.259 e. The number of aryl methyl sites for hydroxylation is 1. The molecule has 2 heterocycles. The molecular formula is C21H27Cl2N5O2. The summed E-state index contributed by atoms with van der Waals surface area (Å²) in [6.07, 6.45) is 3.35. The number of benzene rings is 1. The number of nitrogens with two attached hydrogens (primary N) is 1. The van der Waals surface area contributed by atoms with Gasteiger partial charge < -0.3 is 15.8 Å². The van der Waals surface area contributed by atoms with Crippen molar-refractivity contribution in [1.82, 2.24) is 14.5 Å². The van der Waals surface area contributed by atoms with Gasteiger partial charge in [0, 0.05) is 44.0 Å². The Bertz CT molecular complexity index is 1040. The highest BCUT2D eigenvalue weighted by molar-refractivity contribution is 6.39. The van der Waals surface area contributed by atoms with E-state index < -0.39 is 0 Å². The lowest BCUT2D eigenvalue weighted by atomic mass is 10.1. The van der Waals surface area contributed by atoms with Crippen LogP contribution in [0.4, 0.5) is 5.95 Å². The van der Waals surface area contributed by atoms with Gasteiger partial charge in [0.2, 0.25) is 5.95 Å². The topological polar surface area (TPSA) is 95.1 Å². The largest absolute Gasteiger partial charge is 0.381 e. The maximum absolute atomic E-state index is 12.9. The quantitative estimate of drug-likeness (QED) is 0.475. The third-order valence-corrected chi connectivity index (χ3v) is 5.05. The summed E-state index contributed by atoms with van der Waals surface area (Å²) < 4.78 is 6.94. The molecule has 0 aliphatic heterocycles. The van der Waals surface area contributed by atoms with E-state index in [1.807, 2.05) is 0 Å². The highest BCUT2D eigenvalue weighted by atomic mass is 35.5. The summed E-state index contributed by atoms with van der Waals surface area (Å²) in [6.45, 7) is 2.60. The van der Waals surface area contributed by atoms with E-state index in [2.05, 4.69) is 15.3 Å². The molecule has 0 saturated carbocycles. The Labute approximate surface area is 186 Å². The molecule has 0 aliphatic carbocycles. The number of nitrogens with zero attached hydrogens (tertiary/aromatic N) is 3. The highest BCUT2D eigenvalue weighted by Gasteiger charge is 2.16. The number of halogens is 2. The van der Waals surface area contributed by atoms with E-state index in [-0.39, 0.29) is 13.0 Å². The summed E-state index contributed by atoms with van der Waals surface area (Å²) in [6, 6.07) is 6.87. The predicted octanol–water partition coefficient (Wildman–Crippen LogP) is 4.11. The molecule has 3 rings (SSSR count). The SMILES string of the molecule is C.Cn1c(=O)c(-c2c(Cl)cccc2Cl)cc2cnc(NCCCOCCCN)nc21. The molecule has 3 N–H and O–H groups in total. The summed E-state index contributed by atoms with van der Waals surface area (Å²) >= 11 is 12.6. The molecule has 0 aliphatic rings. The van der Waals surface area contributed by atoms with Crippen molar-refractivity contribution in [2.45, 2.75) is 20.3 Å². The second kappa shape index (κ2) is 11.3. The summed E-state index contributed by atoms with van der Waals surface area (Å²) in [5, 5.41) is 4.71. The van der Waals surface area contributed by atoms with Crippen LogP contribution in [-0.4, -0.2) is 40.8 Å². The number of nitrogens with one attached hydrogen (secondary N) is 1. The van der Waals surface area contributed by atoms with Crippen molar-refractivity contribution in [1.29, 1.82) is 0 Å². The van der Waals surface area contributed by atoms with E-state index >= 15 is 0 Å². The van der Waals surface area contributed by atoms with Crippen molar-refractivity contribution >= 4 is 40.2 Å². The first kappa shape index (κ1) is 24.1. The van der Waals surface area contributed by atoms with E-state index in [0.717, 1.165) is 12.8 Å². The van der Waals surface area contributed by atoms with E-state index in [1.165, 1.54) is 4.57 Å². The number of hydrogen-bond acceptors (Lipinski definition) is 6. The zero-order chi connectivity index (χ0) is 20.8. The van der Waals surface area contributed by atoms with E-state index in [4.69, 9.17) is 33.7 Å². The number of pyridine rings is 1. The van der Waals surface area contributed by atoms with Gasteiger partial charge in [0.15, 0.2) is 0 Å². The summed E-state index contributed by atoms with van der Waals surface area (Å²) in [4.78, 5) is 21.7. The molecule has 7 nitrogen and oxygen atoms in total. The van der Waals surface area contributed by atoms with Crippen LogP contribution in [0.3, 0.4) is 0 Å². The summed E-state index contributed by atoms with van der Waals surface area (Å²) in [7, 11) is 1.67. The first-order valence-corrected chi connectivity index (χ1v) is 10.1. The van der Waals surface area contributed by atoms with Crippen molar-refractivity contribution in [3.05, 3.63) is 50.9 Å². The van der Waals surface area contributed by atoms with Gasteiger partial charge >= 0.3 is 0 Å². The molecule has 30 heavy (non-hydrogen) atoms. The summed E-state index contributed by atoms with van der Waals surface area (Å²) in [5.74, 6) is 0.456. The number of aromatic nitrogens is 3. The Kier molecular flexibility index (Phi) is 9.05. The van der Waals surface area contributed by atoms with Crippen LogP contribution in [0.1, 0.15) is 20.3 Å². The molecular weight excluding hydrogens is 425 g/mol. The standard InChI is InChI=1S/C20H23Cl2N5O2.CH4/c1-27-18-13(11-14(19(27)28)17-15(21)5-2-6-16(17)22)12-25-20(26-18)24-8-4-10-29-9-3-7-23;/h2,5-6,11-12H,3-4,7-10,23H2,1H3,(H,24,25,26);1H4. The van der Waals surface area contributed by atoms with E-state index in [9.17, 15) is 4.79 Å². The Hall–Kier alpha value is -2.19. The van der Waals surface area contributed by atoms with Crippen LogP contribution >= 0.6 is 23.2 Å². The van der Waals surface area contributed by atoms with E-state index in [1.54, 1.807) is 37.5 Å². The zero-order valence-electron chi connectivity index (χ0n) is 16.1. The minimum atomic E-state index is -0.231. The van der Waals surface area contributed by atoms with Crippen LogP contribution in [0.25, 0.3) is 22.2 Å². The molecule has 0 radical (unpaired) electrons. The lowest BCUT2D eigenvalue weighted by Gasteiger charge is -2.12. The van der Waals surface area contributed by atoms with Gasteiger partial charge in [0.25, 0.3) is 5.56 Å². The number of rotatable bonds is 9. The molecule has 162 valence electrons. The van der Waals surface area contributed by atoms with Crippen molar-refractivity contribution in [2.75, 3.05) is 31.6 Å². The number of fused-ring (bicyclic) bond motifs is 1. The zero-order valence-corrected chi connectivity index (χ0v) is 17.6. The minimum Gasteiger partial charge on any atom is -0.381 e. The Balaban J connectivity index is 0.00000320. The van der Waals surface area contributed by atoms with Gasteiger partial charge in [0.05, 0.1) is 15.6 Å². The maximum atomic E-state index is 12.9. The molecule has 0 amide bonds. The van der Waals surface area contributed by atoms with Gasteiger partial charge in [-0.05, 0) is 37.6 Å². The van der Waals surface area contributed by atoms with Crippen LogP contribution in [0.15, 0.2) is 35.3 Å². The van der Waals surface area contributed by atoms with Crippen molar-refractivity contribution in [3.8, 4) is 11.1 Å². The third-order valence-electron chi connectivity index (χ3n) is 4.42. The fraction of sp³-hybridized carbons (Fsp3) is 0.381. The molecule has 0 fully saturated rings. The van der Waals surface area contributed by atoms with Crippen molar-refractivity contribution in [3.63, 3.8) is 0 Å². The monoisotopic (exact) mass is 451 g/mol. The van der Waals surface area contributed by atoms with E-state index in [0.29, 0.717) is 64.5 Å². The van der Waals surface area contributed by atoms with Gasteiger partial charge in [-0.2, -0.15) is 4.98 Å². The predicted molar refractivity (Wildman–Crippen MR) is 125 cm³/mol.